The summed E-state index contributed by atoms with van der Waals surface area (Å²) in [5.41, 5.74) is 2.62. The molecule has 1 heterocycles. The van der Waals surface area contributed by atoms with E-state index in [1.54, 1.807) is 0 Å². The Bertz CT molecular complexity index is 457. The smallest absolute Gasteiger partial charge is 0.119 e. The Hall–Kier alpha value is -0.770. The highest BCUT2D eigenvalue weighted by atomic mass is 35.5. The molecule has 0 aliphatic carbocycles. The summed E-state index contributed by atoms with van der Waals surface area (Å²) in [4.78, 5) is 2.37. The molecule has 1 fully saturated rings. The number of ether oxygens (including phenoxy) is 1. The van der Waals surface area contributed by atoms with Gasteiger partial charge in [0.05, 0.1) is 0 Å². The number of aliphatic hydroxyl groups is 1. The molecule has 0 radical (unpaired) electrons. The van der Waals surface area contributed by atoms with Crippen molar-refractivity contribution in [2.75, 3.05) is 26.2 Å². The van der Waals surface area contributed by atoms with Gasteiger partial charge in [0.2, 0.25) is 0 Å². The van der Waals surface area contributed by atoms with E-state index >= 15 is 0 Å². The van der Waals surface area contributed by atoms with Crippen LogP contribution in [0.1, 0.15) is 56.6 Å². The Balaban J connectivity index is 0.00000264. The summed E-state index contributed by atoms with van der Waals surface area (Å²) in [7, 11) is 0. The van der Waals surface area contributed by atoms with Crippen LogP contribution in [0.4, 0.5) is 0 Å². The average Bonchev–Trinajstić information content (AvgIpc) is 2.73. The van der Waals surface area contributed by atoms with Crippen LogP contribution in [0.2, 0.25) is 0 Å². The van der Waals surface area contributed by atoms with Crippen molar-refractivity contribution < 1.29 is 9.84 Å². The highest BCUT2D eigenvalue weighted by Crippen LogP contribution is 2.23. The Morgan fingerprint density at radius 2 is 1.78 bits per heavy atom. The van der Waals surface area contributed by atoms with E-state index < -0.39 is 6.10 Å². The van der Waals surface area contributed by atoms with Gasteiger partial charge in [-0.05, 0) is 62.0 Å². The van der Waals surface area contributed by atoms with Crippen LogP contribution in [-0.2, 0) is 0 Å². The fourth-order valence-electron chi connectivity index (χ4n) is 3.25. The number of benzene rings is 1. The highest BCUT2D eigenvalue weighted by molar-refractivity contribution is 5.85. The molecule has 3 nitrogen and oxygen atoms in total. The quantitative estimate of drug-likeness (QED) is 0.843. The van der Waals surface area contributed by atoms with Crippen molar-refractivity contribution in [2.24, 2.45) is 0 Å². The second kappa shape index (κ2) is 10.2. The maximum Gasteiger partial charge on any atom is 0.119 e. The van der Waals surface area contributed by atoms with Crippen LogP contribution < -0.4 is 4.74 Å². The van der Waals surface area contributed by atoms with E-state index in [4.69, 9.17) is 4.74 Å². The van der Waals surface area contributed by atoms with E-state index in [1.807, 2.05) is 6.07 Å². The second-order valence-electron chi connectivity index (χ2n) is 6.85. The first-order chi connectivity index (χ1) is 10.6. The zero-order valence-electron chi connectivity index (χ0n) is 14.8. The van der Waals surface area contributed by atoms with Crippen molar-refractivity contribution in [3.05, 3.63) is 29.3 Å². The number of rotatable bonds is 6. The molecule has 132 valence electrons. The summed E-state index contributed by atoms with van der Waals surface area (Å²) < 4.78 is 5.78. The normalized spacial score (nSPS) is 17.4. The Kier molecular flexibility index (Phi) is 8.96. The van der Waals surface area contributed by atoms with Crippen molar-refractivity contribution in [2.45, 2.75) is 58.5 Å². The molecule has 0 amide bonds. The van der Waals surface area contributed by atoms with E-state index in [2.05, 4.69) is 37.8 Å². The maximum absolute atomic E-state index is 10.2. The van der Waals surface area contributed by atoms with Gasteiger partial charge in [-0.2, -0.15) is 0 Å². The lowest BCUT2D eigenvalue weighted by molar-refractivity contribution is 0.0693. The van der Waals surface area contributed by atoms with Crippen LogP contribution >= 0.6 is 12.4 Å². The van der Waals surface area contributed by atoms with Gasteiger partial charge >= 0.3 is 0 Å². The van der Waals surface area contributed by atoms with Gasteiger partial charge in [0.1, 0.15) is 18.5 Å². The molecule has 1 N–H and O–H groups in total. The number of aryl methyl sites for hydroxylation is 1. The molecular formula is C19H32ClNO2. The summed E-state index contributed by atoms with van der Waals surface area (Å²) >= 11 is 0. The van der Waals surface area contributed by atoms with E-state index in [1.165, 1.54) is 36.8 Å². The predicted molar refractivity (Wildman–Crippen MR) is 98.9 cm³/mol. The molecular weight excluding hydrogens is 310 g/mol. The van der Waals surface area contributed by atoms with Gasteiger partial charge in [-0.3, -0.25) is 0 Å². The van der Waals surface area contributed by atoms with E-state index in [-0.39, 0.29) is 12.4 Å². The monoisotopic (exact) mass is 341 g/mol. The Labute approximate surface area is 147 Å². The number of halogens is 1. The third-order valence-electron chi connectivity index (χ3n) is 4.47. The van der Waals surface area contributed by atoms with E-state index in [0.717, 1.165) is 25.4 Å². The van der Waals surface area contributed by atoms with Crippen LogP contribution in [0, 0.1) is 6.92 Å². The van der Waals surface area contributed by atoms with Gasteiger partial charge in [0, 0.05) is 6.54 Å². The summed E-state index contributed by atoms with van der Waals surface area (Å²) in [6, 6.07) is 6.23. The fraction of sp³-hybridized carbons (Fsp3) is 0.684. The first-order valence-electron chi connectivity index (χ1n) is 8.70. The number of nitrogens with zero attached hydrogens (tertiary/aromatic N) is 1. The van der Waals surface area contributed by atoms with E-state index in [9.17, 15) is 5.11 Å². The number of hydrogen-bond acceptors (Lipinski definition) is 3. The molecule has 4 heteroatoms. The van der Waals surface area contributed by atoms with Gasteiger partial charge in [0.25, 0.3) is 0 Å². The van der Waals surface area contributed by atoms with Crippen LogP contribution in [0.3, 0.4) is 0 Å². The van der Waals surface area contributed by atoms with Gasteiger partial charge in [-0.25, -0.2) is 0 Å². The van der Waals surface area contributed by atoms with Crippen molar-refractivity contribution >= 4 is 12.4 Å². The third-order valence-corrected chi connectivity index (χ3v) is 4.47. The minimum absolute atomic E-state index is 0. The summed E-state index contributed by atoms with van der Waals surface area (Å²) in [5, 5.41) is 10.2. The number of β-amino-alcohol motifs (C(OH)–C–C–N with tert-alkyl or cyclic N) is 1. The van der Waals surface area contributed by atoms with Gasteiger partial charge in [0.15, 0.2) is 0 Å². The van der Waals surface area contributed by atoms with Crippen LogP contribution in [-0.4, -0.2) is 42.4 Å². The zero-order chi connectivity index (χ0) is 15.9. The molecule has 1 aromatic rings. The third kappa shape index (κ3) is 6.70. The van der Waals surface area contributed by atoms with Crippen molar-refractivity contribution in [1.29, 1.82) is 0 Å². The molecule has 0 saturated carbocycles. The topological polar surface area (TPSA) is 32.7 Å². The maximum atomic E-state index is 10.2. The molecule has 1 atom stereocenters. The van der Waals surface area contributed by atoms with Crippen molar-refractivity contribution in [1.82, 2.24) is 4.90 Å². The average molecular weight is 342 g/mol. The molecule has 1 aliphatic heterocycles. The molecule has 1 aromatic carbocycles. The minimum Gasteiger partial charge on any atom is -0.491 e. The van der Waals surface area contributed by atoms with Crippen LogP contribution in [0.5, 0.6) is 5.75 Å². The lowest BCUT2D eigenvalue weighted by Gasteiger charge is -2.23. The van der Waals surface area contributed by atoms with Crippen LogP contribution in [0.25, 0.3) is 0 Å². The van der Waals surface area contributed by atoms with Gasteiger partial charge < -0.3 is 14.7 Å². The predicted octanol–water partition coefficient (Wildman–Crippen LogP) is 4.16. The first-order valence-corrected chi connectivity index (χ1v) is 8.70. The van der Waals surface area contributed by atoms with Crippen molar-refractivity contribution in [3.8, 4) is 5.75 Å². The molecule has 23 heavy (non-hydrogen) atoms. The lowest BCUT2D eigenvalue weighted by Crippen LogP contribution is -2.36. The molecule has 2 rings (SSSR count). The molecule has 0 aromatic heterocycles. The second-order valence-corrected chi connectivity index (χ2v) is 6.85. The first kappa shape index (κ1) is 20.3. The largest absolute Gasteiger partial charge is 0.491 e. The summed E-state index contributed by atoms with van der Waals surface area (Å²) in [6.45, 7) is 9.84. The minimum atomic E-state index is -0.414. The Morgan fingerprint density at radius 1 is 1.13 bits per heavy atom. The standard InChI is InChI=1S/C19H31NO2.ClH/c1-15(2)19-9-8-18(12-16(19)3)22-14-17(21)13-20-10-6-4-5-7-11-20;/h8-9,12,15,17,21H,4-7,10-11,13-14H2,1-3H3;1H. The van der Waals surface area contributed by atoms with Gasteiger partial charge in [-0.15, -0.1) is 12.4 Å². The number of aliphatic hydroxyl groups excluding tert-OH is 1. The SMILES string of the molecule is Cc1cc(OCC(O)CN2CCCCCC2)ccc1C(C)C.Cl. The summed E-state index contributed by atoms with van der Waals surface area (Å²) in [6.07, 6.45) is 4.74. The van der Waals surface area contributed by atoms with Gasteiger partial charge in [-0.1, -0.05) is 32.8 Å². The molecule has 1 aliphatic rings. The zero-order valence-corrected chi connectivity index (χ0v) is 15.6. The molecule has 1 saturated heterocycles. The number of likely N-dealkylation sites (tertiary alicyclic amines) is 1. The molecule has 0 spiro atoms. The molecule has 0 bridgehead atoms. The molecule has 1 unspecified atom stereocenters. The lowest BCUT2D eigenvalue weighted by atomic mass is 9.98. The summed E-state index contributed by atoms with van der Waals surface area (Å²) in [5.74, 6) is 1.39. The highest BCUT2D eigenvalue weighted by Gasteiger charge is 2.14. The van der Waals surface area contributed by atoms with Crippen molar-refractivity contribution in [3.63, 3.8) is 0 Å². The fourth-order valence-corrected chi connectivity index (χ4v) is 3.25. The van der Waals surface area contributed by atoms with Crippen LogP contribution in [0.15, 0.2) is 18.2 Å². The Morgan fingerprint density at radius 3 is 2.35 bits per heavy atom. The number of hydrogen-bond donors (Lipinski definition) is 1. The van der Waals surface area contributed by atoms with E-state index in [0.29, 0.717) is 12.5 Å².